The average molecular weight is 371 g/mol. The Morgan fingerprint density at radius 1 is 1.12 bits per heavy atom. The second kappa shape index (κ2) is 7.72. The maximum atomic E-state index is 12.4. The van der Waals surface area contributed by atoms with Gasteiger partial charge in [-0.3, -0.25) is 13.9 Å². The summed E-state index contributed by atoms with van der Waals surface area (Å²) in [7, 11) is -1.03. The van der Waals surface area contributed by atoms with E-state index in [1.54, 1.807) is 30.5 Å². The van der Waals surface area contributed by atoms with Crippen LogP contribution in [0, 0.1) is 0 Å². The number of rotatable bonds is 5. The molecular weight excluding hydrogens is 344 g/mol. The Hall–Kier alpha value is -1.98. The van der Waals surface area contributed by atoms with Crippen LogP contribution in [0.5, 0.6) is 0 Å². The van der Waals surface area contributed by atoms with Crippen molar-refractivity contribution in [2.24, 2.45) is 0 Å². The molecule has 138 valence electrons. The quantitative estimate of drug-likeness (QED) is 0.880. The van der Waals surface area contributed by atoms with Crippen molar-refractivity contribution in [3.05, 3.63) is 65.2 Å². The third kappa shape index (κ3) is 4.22. The molecule has 0 saturated carbocycles. The van der Waals surface area contributed by atoms with Crippen molar-refractivity contribution in [2.75, 3.05) is 19.3 Å². The van der Waals surface area contributed by atoms with Crippen molar-refractivity contribution in [3.8, 4) is 0 Å². The van der Waals surface area contributed by atoms with Crippen LogP contribution in [0.4, 0.5) is 0 Å². The summed E-state index contributed by atoms with van der Waals surface area (Å²) in [6.07, 6.45) is 2.68. The van der Waals surface area contributed by atoms with Gasteiger partial charge in [0.1, 0.15) is 0 Å². The summed E-state index contributed by atoms with van der Waals surface area (Å²) in [4.78, 5) is 15.6. The van der Waals surface area contributed by atoms with E-state index in [9.17, 15) is 9.00 Å². The van der Waals surface area contributed by atoms with Crippen LogP contribution in [-0.4, -0.2) is 39.9 Å². The fraction of sp³-hybridized carbons (Fsp3) is 0.381. The Kier molecular flexibility index (Phi) is 5.58. The van der Waals surface area contributed by atoms with Gasteiger partial charge in [-0.25, -0.2) is 0 Å². The van der Waals surface area contributed by atoms with Crippen molar-refractivity contribution >= 4 is 16.7 Å². The van der Waals surface area contributed by atoms with Crippen LogP contribution in [0.3, 0.4) is 0 Å². The second-order valence-electron chi connectivity index (χ2n) is 7.41. The first-order valence-corrected chi connectivity index (χ1v) is 10.5. The Morgan fingerprint density at radius 2 is 1.77 bits per heavy atom. The molecule has 1 N–H and O–H groups in total. The van der Waals surface area contributed by atoms with Gasteiger partial charge in [0.2, 0.25) is 0 Å². The third-order valence-corrected chi connectivity index (χ3v) is 6.05. The lowest BCUT2D eigenvalue weighted by Crippen LogP contribution is -2.53. The van der Waals surface area contributed by atoms with E-state index >= 15 is 0 Å². The van der Waals surface area contributed by atoms with Crippen LogP contribution in [0.15, 0.2) is 53.4 Å². The molecule has 26 heavy (non-hydrogen) atoms. The zero-order valence-electron chi connectivity index (χ0n) is 15.6. The maximum Gasteiger partial charge on any atom is 0.251 e. The lowest BCUT2D eigenvalue weighted by Gasteiger charge is -2.41. The number of nitrogens with zero attached hydrogens (tertiary/aromatic N) is 1. The van der Waals surface area contributed by atoms with Crippen LogP contribution in [0.25, 0.3) is 0 Å². The van der Waals surface area contributed by atoms with Crippen LogP contribution in [0.1, 0.15) is 35.3 Å². The van der Waals surface area contributed by atoms with Gasteiger partial charge in [0.05, 0.1) is 0 Å². The molecule has 3 rings (SSSR count). The molecule has 2 aromatic rings. The van der Waals surface area contributed by atoms with Gasteiger partial charge in [-0.05, 0) is 55.7 Å². The van der Waals surface area contributed by atoms with Crippen LogP contribution < -0.4 is 5.32 Å². The molecule has 0 aliphatic carbocycles. The number of hydrogen-bond acceptors (Lipinski definition) is 3. The molecule has 0 aromatic heterocycles. The molecule has 0 radical (unpaired) electrons. The highest BCUT2D eigenvalue weighted by atomic mass is 32.2. The molecule has 2 aromatic carbocycles. The summed E-state index contributed by atoms with van der Waals surface area (Å²) in [5.74, 6) is -0.0936. The van der Waals surface area contributed by atoms with Crippen molar-refractivity contribution in [2.45, 2.75) is 37.2 Å². The number of hydrogen-bond donors (Lipinski definition) is 1. The first-order valence-electron chi connectivity index (χ1n) is 8.90. The Balaban J connectivity index is 1.61. The molecule has 5 heteroatoms. The Labute approximate surface area is 158 Å². The van der Waals surface area contributed by atoms with E-state index in [1.807, 2.05) is 0 Å². The molecule has 0 bridgehead atoms. The van der Waals surface area contributed by atoms with Gasteiger partial charge in [-0.2, -0.15) is 0 Å². The van der Waals surface area contributed by atoms with Crippen molar-refractivity contribution in [1.29, 1.82) is 0 Å². The molecule has 1 amide bonds. The fourth-order valence-electron chi connectivity index (χ4n) is 3.32. The minimum Gasteiger partial charge on any atom is -0.350 e. The minimum atomic E-state index is -1.03. The lowest BCUT2D eigenvalue weighted by molar-refractivity contribution is 0.0826. The first kappa shape index (κ1) is 18.8. The summed E-state index contributed by atoms with van der Waals surface area (Å²) in [6.45, 7) is 6.83. The average Bonchev–Trinajstić information content (AvgIpc) is 2.65. The lowest BCUT2D eigenvalue weighted by atomic mass is 9.94. The molecule has 4 nitrogen and oxygen atoms in total. The highest BCUT2D eigenvalue weighted by molar-refractivity contribution is 7.84. The zero-order chi connectivity index (χ0) is 18.7. The Bertz CT molecular complexity index is 815. The number of benzene rings is 2. The SMILES string of the molecule is C[S@](=O)c1ccc(C(=O)NCC(C)(C)N2CCc3ccccc3C2)cc1. The van der Waals surface area contributed by atoms with Crippen molar-refractivity contribution in [1.82, 2.24) is 10.2 Å². The summed E-state index contributed by atoms with van der Waals surface area (Å²) in [6, 6.07) is 15.5. The van der Waals surface area contributed by atoms with Gasteiger partial charge in [-0.15, -0.1) is 0 Å². The predicted octanol–water partition coefficient (Wildman–Crippen LogP) is 2.99. The van der Waals surface area contributed by atoms with E-state index in [1.165, 1.54) is 11.1 Å². The Morgan fingerprint density at radius 3 is 2.42 bits per heavy atom. The molecule has 0 unspecified atom stereocenters. The fourth-order valence-corrected chi connectivity index (χ4v) is 3.84. The van der Waals surface area contributed by atoms with Gasteiger partial charge in [0, 0.05) is 52.7 Å². The van der Waals surface area contributed by atoms with E-state index in [0.717, 1.165) is 24.4 Å². The van der Waals surface area contributed by atoms with E-state index in [-0.39, 0.29) is 11.4 Å². The predicted molar refractivity (Wildman–Crippen MR) is 106 cm³/mol. The van der Waals surface area contributed by atoms with Crippen LogP contribution in [0.2, 0.25) is 0 Å². The molecular formula is C21H26N2O2S. The zero-order valence-corrected chi connectivity index (χ0v) is 16.4. The standard InChI is InChI=1S/C21H26N2O2S/c1-21(2,23-13-12-16-6-4-5-7-18(16)14-23)15-22-20(24)17-8-10-19(11-9-17)26(3)25/h4-11H,12-15H2,1-3H3,(H,22,24)/t26-/m0/s1. The van der Waals surface area contributed by atoms with Crippen LogP contribution in [-0.2, 0) is 23.8 Å². The van der Waals surface area contributed by atoms with Gasteiger partial charge >= 0.3 is 0 Å². The normalized spacial score (nSPS) is 16.0. The minimum absolute atomic E-state index is 0.0936. The number of fused-ring (bicyclic) bond motifs is 1. The molecule has 0 fully saturated rings. The molecule has 0 saturated heterocycles. The second-order valence-corrected chi connectivity index (χ2v) is 8.79. The smallest absolute Gasteiger partial charge is 0.251 e. The topological polar surface area (TPSA) is 49.4 Å². The third-order valence-electron chi connectivity index (χ3n) is 5.12. The first-order chi connectivity index (χ1) is 12.4. The van der Waals surface area contributed by atoms with Crippen molar-refractivity contribution < 1.29 is 9.00 Å². The largest absolute Gasteiger partial charge is 0.350 e. The van der Waals surface area contributed by atoms with Gasteiger partial charge < -0.3 is 5.32 Å². The summed E-state index contributed by atoms with van der Waals surface area (Å²) in [5.41, 5.74) is 3.27. The molecule has 1 heterocycles. The van der Waals surface area contributed by atoms with Crippen molar-refractivity contribution in [3.63, 3.8) is 0 Å². The van der Waals surface area contributed by atoms with Gasteiger partial charge in [0.25, 0.3) is 5.91 Å². The molecule has 1 atom stereocenters. The maximum absolute atomic E-state index is 12.4. The van der Waals surface area contributed by atoms with Gasteiger partial charge in [-0.1, -0.05) is 24.3 Å². The van der Waals surface area contributed by atoms with E-state index in [0.29, 0.717) is 12.1 Å². The highest BCUT2D eigenvalue weighted by Crippen LogP contribution is 2.25. The molecule has 1 aliphatic heterocycles. The number of carbonyl (C=O) groups excluding carboxylic acids is 1. The van der Waals surface area contributed by atoms with E-state index in [4.69, 9.17) is 0 Å². The molecule has 0 spiro atoms. The van der Waals surface area contributed by atoms with E-state index < -0.39 is 10.8 Å². The summed E-state index contributed by atoms with van der Waals surface area (Å²) in [5, 5.41) is 3.05. The van der Waals surface area contributed by atoms with Crippen LogP contribution >= 0.6 is 0 Å². The molecule has 1 aliphatic rings. The monoisotopic (exact) mass is 370 g/mol. The number of nitrogens with one attached hydrogen (secondary N) is 1. The summed E-state index contributed by atoms with van der Waals surface area (Å²) >= 11 is 0. The summed E-state index contributed by atoms with van der Waals surface area (Å²) < 4.78 is 11.5. The van der Waals surface area contributed by atoms with E-state index in [2.05, 4.69) is 48.3 Å². The van der Waals surface area contributed by atoms with Gasteiger partial charge in [0.15, 0.2) is 0 Å². The highest BCUT2D eigenvalue weighted by Gasteiger charge is 2.30. The number of carbonyl (C=O) groups is 1. The number of amides is 1.